The zero-order valence-electron chi connectivity index (χ0n) is 10.8. The smallest absolute Gasteiger partial charge is 0.255 e. The summed E-state index contributed by atoms with van der Waals surface area (Å²) in [6, 6.07) is 12.6. The van der Waals surface area contributed by atoms with Crippen molar-refractivity contribution in [3.8, 4) is 5.75 Å². The van der Waals surface area contributed by atoms with Gasteiger partial charge in [0.15, 0.2) is 5.75 Å². The number of ether oxygens (including phenoxy) is 1. The quantitative estimate of drug-likeness (QED) is 0.761. The van der Waals surface area contributed by atoms with Gasteiger partial charge in [-0.1, -0.05) is 17.7 Å². The van der Waals surface area contributed by atoms with Crippen LogP contribution in [0.3, 0.4) is 0 Å². The molecule has 2 aromatic carbocycles. The second kappa shape index (κ2) is 6.95. The zero-order chi connectivity index (χ0) is 14.5. The van der Waals surface area contributed by atoms with Crippen molar-refractivity contribution < 1.29 is 9.53 Å². The molecular weight excluding hydrogens is 389 g/mol. The fraction of sp³-hybridized carbons (Fsp3) is 0.133. The van der Waals surface area contributed by atoms with Gasteiger partial charge in [-0.25, -0.2) is 0 Å². The highest BCUT2D eigenvalue weighted by molar-refractivity contribution is 14.1. The van der Waals surface area contributed by atoms with E-state index in [0.29, 0.717) is 28.6 Å². The minimum absolute atomic E-state index is 0.190. The van der Waals surface area contributed by atoms with Gasteiger partial charge < -0.3 is 10.1 Å². The van der Waals surface area contributed by atoms with Gasteiger partial charge in [0.1, 0.15) is 0 Å². The number of hydrogen-bond acceptors (Lipinski definition) is 2. The van der Waals surface area contributed by atoms with E-state index < -0.39 is 0 Å². The predicted molar refractivity (Wildman–Crippen MR) is 89.7 cm³/mol. The summed E-state index contributed by atoms with van der Waals surface area (Å²) < 4.78 is 6.56. The number of anilines is 1. The maximum atomic E-state index is 12.2. The summed E-state index contributed by atoms with van der Waals surface area (Å²) in [5, 5.41) is 3.30. The Labute approximate surface area is 136 Å². The average Bonchev–Trinajstić information content (AvgIpc) is 2.43. The Hall–Kier alpha value is -1.27. The molecule has 0 heterocycles. The molecule has 0 aliphatic carbocycles. The van der Waals surface area contributed by atoms with Crippen LogP contribution in [0, 0.1) is 3.57 Å². The van der Waals surface area contributed by atoms with E-state index in [9.17, 15) is 4.79 Å². The lowest BCUT2D eigenvalue weighted by Gasteiger charge is -2.12. The number of nitrogens with one attached hydrogen (secondary N) is 1. The third kappa shape index (κ3) is 3.64. The second-order valence-electron chi connectivity index (χ2n) is 4.01. The summed E-state index contributed by atoms with van der Waals surface area (Å²) >= 11 is 8.28. The van der Waals surface area contributed by atoms with Crippen LogP contribution in [0.5, 0.6) is 5.75 Å². The molecule has 20 heavy (non-hydrogen) atoms. The summed E-state index contributed by atoms with van der Waals surface area (Å²) in [5.74, 6) is 0.306. The van der Waals surface area contributed by atoms with Crippen LogP contribution in [0.1, 0.15) is 17.3 Å². The molecule has 0 radical (unpaired) electrons. The highest BCUT2D eigenvalue weighted by Crippen LogP contribution is 2.33. The molecule has 0 bridgehead atoms. The van der Waals surface area contributed by atoms with E-state index in [0.717, 1.165) is 3.57 Å². The van der Waals surface area contributed by atoms with Gasteiger partial charge >= 0.3 is 0 Å². The minimum Gasteiger partial charge on any atom is -0.490 e. The Bertz CT molecular complexity index is 614. The maximum absolute atomic E-state index is 12.2. The van der Waals surface area contributed by atoms with Crippen LogP contribution in [-0.2, 0) is 0 Å². The van der Waals surface area contributed by atoms with Crippen LogP contribution in [0.25, 0.3) is 0 Å². The molecule has 5 heteroatoms. The van der Waals surface area contributed by atoms with Crippen LogP contribution in [0.2, 0.25) is 5.02 Å². The van der Waals surface area contributed by atoms with Gasteiger partial charge in [-0.3, -0.25) is 4.79 Å². The molecule has 1 amide bonds. The van der Waals surface area contributed by atoms with Crippen molar-refractivity contribution in [2.24, 2.45) is 0 Å². The molecule has 0 fully saturated rings. The summed E-state index contributed by atoms with van der Waals surface area (Å²) in [5.41, 5.74) is 1.16. The van der Waals surface area contributed by atoms with Crippen LogP contribution >= 0.6 is 34.2 Å². The topological polar surface area (TPSA) is 38.3 Å². The number of amides is 1. The molecular formula is C15H13ClINO2. The van der Waals surface area contributed by atoms with Crippen molar-refractivity contribution >= 4 is 45.8 Å². The van der Waals surface area contributed by atoms with Gasteiger partial charge in [-0.15, -0.1) is 0 Å². The molecule has 1 N–H and O–H groups in total. The molecule has 2 rings (SSSR count). The van der Waals surface area contributed by atoms with Crippen molar-refractivity contribution in [2.75, 3.05) is 11.9 Å². The van der Waals surface area contributed by atoms with E-state index in [4.69, 9.17) is 16.3 Å². The summed E-state index contributed by atoms with van der Waals surface area (Å²) in [6.45, 7) is 2.35. The van der Waals surface area contributed by atoms with Crippen molar-refractivity contribution in [3.05, 3.63) is 56.6 Å². The second-order valence-corrected chi connectivity index (χ2v) is 5.66. The molecule has 0 aromatic heterocycles. The van der Waals surface area contributed by atoms with Crippen molar-refractivity contribution in [1.29, 1.82) is 0 Å². The van der Waals surface area contributed by atoms with Crippen molar-refractivity contribution in [2.45, 2.75) is 6.92 Å². The molecule has 0 unspecified atom stereocenters. The number of carbonyl (C=O) groups excluding carboxylic acids is 1. The van der Waals surface area contributed by atoms with Gasteiger partial charge in [0.05, 0.1) is 17.3 Å². The molecule has 2 aromatic rings. The summed E-state index contributed by atoms with van der Waals surface area (Å²) in [7, 11) is 0. The number of benzene rings is 2. The van der Waals surface area contributed by atoms with Crippen LogP contribution in [0.15, 0.2) is 42.5 Å². The first-order valence-electron chi connectivity index (χ1n) is 6.10. The molecule has 3 nitrogen and oxygen atoms in total. The largest absolute Gasteiger partial charge is 0.490 e. The Morgan fingerprint density at radius 1 is 1.25 bits per heavy atom. The van der Waals surface area contributed by atoms with E-state index >= 15 is 0 Å². The monoisotopic (exact) mass is 401 g/mol. The number of para-hydroxylation sites is 1. The molecule has 0 aliphatic rings. The van der Waals surface area contributed by atoms with Gasteiger partial charge in [-0.2, -0.15) is 0 Å². The summed E-state index contributed by atoms with van der Waals surface area (Å²) in [6.07, 6.45) is 0. The lowest BCUT2D eigenvalue weighted by Crippen LogP contribution is -2.13. The molecule has 104 valence electrons. The third-order valence-corrected chi connectivity index (χ3v) is 3.63. The number of rotatable bonds is 4. The molecule has 0 aliphatic heterocycles. The van der Waals surface area contributed by atoms with E-state index in [1.165, 1.54) is 0 Å². The molecule has 0 saturated heterocycles. The molecule has 0 saturated carbocycles. The number of carbonyl (C=O) groups is 1. The first-order chi connectivity index (χ1) is 9.61. The SMILES string of the molecule is CCOc1c(Cl)cccc1NC(=O)c1ccc(I)cc1. The highest BCUT2D eigenvalue weighted by Gasteiger charge is 2.12. The normalized spacial score (nSPS) is 10.2. The maximum Gasteiger partial charge on any atom is 0.255 e. The van der Waals surface area contributed by atoms with Crippen LogP contribution in [0.4, 0.5) is 5.69 Å². The third-order valence-electron chi connectivity index (χ3n) is 2.61. The Kier molecular flexibility index (Phi) is 5.25. The van der Waals surface area contributed by atoms with E-state index in [2.05, 4.69) is 27.9 Å². The fourth-order valence-corrected chi connectivity index (χ4v) is 2.28. The van der Waals surface area contributed by atoms with E-state index in [-0.39, 0.29) is 5.91 Å². The first kappa shape index (κ1) is 15.1. The van der Waals surface area contributed by atoms with Gasteiger partial charge in [0.25, 0.3) is 5.91 Å². The summed E-state index contributed by atoms with van der Waals surface area (Å²) in [4.78, 5) is 12.2. The van der Waals surface area contributed by atoms with E-state index in [1.54, 1.807) is 30.3 Å². The minimum atomic E-state index is -0.190. The van der Waals surface area contributed by atoms with Crippen LogP contribution in [-0.4, -0.2) is 12.5 Å². The lowest BCUT2D eigenvalue weighted by atomic mass is 10.2. The predicted octanol–water partition coefficient (Wildman–Crippen LogP) is 4.60. The van der Waals surface area contributed by atoms with E-state index in [1.807, 2.05) is 19.1 Å². The number of hydrogen-bond donors (Lipinski definition) is 1. The molecule has 0 spiro atoms. The van der Waals surface area contributed by atoms with Crippen LogP contribution < -0.4 is 10.1 Å². The first-order valence-corrected chi connectivity index (χ1v) is 7.55. The lowest BCUT2D eigenvalue weighted by molar-refractivity contribution is 0.102. The highest BCUT2D eigenvalue weighted by atomic mass is 127. The Balaban J connectivity index is 2.23. The average molecular weight is 402 g/mol. The zero-order valence-corrected chi connectivity index (χ0v) is 13.7. The van der Waals surface area contributed by atoms with Gasteiger partial charge in [0.2, 0.25) is 0 Å². The molecule has 0 atom stereocenters. The standard InChI is InChI=1S/C15H13ClINO2/c1-2-20-14-12(16)4-3-5-13(14)18-15(19)10-6-8-11(17)9-7-10/h3-9H,2H2,1H3,(H,18,19). The Morgan fingerprint density at radius 3 is 2.60 bits per heavy atom. The fourth-order valence-electron chi connectivity index (χ4n) is 1.69. The van der Waals surface area contributed by atoms with Crippen molar-refractivity contribution in [1.82, 2.24) is 0 Å². The van der Waals surface area contributed by atoms with Crippen molar-refractivity contribution in [3.63, 3.8) is 0 Å². The van der Waals surface area contributed by atoms with Gasteiger partial charge in [-0.05, 0) is 65.9 Å². The Morgan fingerprint density at radius 2 is 1.95 bits per heavy atom. The number of halogens is 2. The van der Waals surface area contributed by atoms with Gasteiger partial charge in [0, 0.05) is 9.13 Å².